The number of rotatable bonds is 9. The van der Waals surface area contributed by atoms with E-state index in [9.17, 15) is 8.42 Å². The zero-order valence-electron chi connectivity index (χ0n) is 13.9. The van der Waals surface area contributed by atoms with Crippen LogP contribution in [-0.2, 0) is 9.84 Å². The van der Waals surface area contributed by atoms with Gasteiger partial charge in [0, 0.05) is 17.3 Å². The number of hydrazine groups is 1. The van der Waals surface area contributed by atoms with Crippen molar-refractivity contribution in [2.75, 3.05) is 24.6 Å². The summed E-state index contributed by atoms with van der Waals surface area (Å²) in [5.41, 5.74) is 2.96. The van der Waals surface area contributed by atoms with E-state index in [1.54, 1.807) is 6.92 Å². The summed E-state index contributed by atoms with van der Waals surface area (Å²) in [4.78, 5) is 2.54. The second-order valence-corrected chi connectivity index (χ2v) is 8.83. The Morgan fingerprint density at radius 1 is 1.24 bits per heavy atom. The van der Waals surface area contributed by atoms with Crippen LogP contribution in [-0.4, -0.2) is 49.5 Å². The molecule has 126 valence electrons. The maximum Gasteiger partial charge on any atom is 0.150 e. The van der Waals surface area contributed by atoms with Crippen LogP contribution in [0.1, 0.15) is 59.3 Å². The van der Waals surface area contributed by atoms with Gasteiger partial charge in [0.15, 0.2) is 0 Å². The van der Waals surface area contributed by atoms with Crippen molar-refractivity contribution in [1.82, 2.24) is 10.3 Å². The van der Waals surface area contributed by atoms with E-state index < -0.39 is 9.84 Å². The fourth-order valence-corrected chi connectivity index (χ4v) is 4.22. The van der Waals surface area contributed by atoms with Crippen LogP contribution in [0.4, 0.5) is 0 Å². The van der Waals surface area contributed by atoms with Gasteiger partial charge in [-0.2, -0.15) is 0 Å². The summed E-state index contributed by atoms with van der Waals surface area (Å²) >= 11 is 0. The molecule has 1 aliphatic rings. The first-order chi connectivity index (χ1) is 9.89. The van der Waals surface area contributed by atoms with E-state index in [1.807, 2.05) is 0 Å². The van der Waals surface area contributed by atoms with Gasteiger partial charge < -0.3 is 0 Å². The van der Waals surface area contributed by atoms with Crippen molar-refractivity contribution in [1.29, 1.82) is 0 Å². The van der Waals surface area contributed by atoms with Crippen LogP contribution in [0.25, 0.3) is 0 Å². The quantitative estimate of drug-likeness (QED) is 0.500. The van der Waals surface area contributed by atoms with Crippen LogP contribution in [0.15, 0.2) is 0 Å². The summed E-state index contributed by atoms with van der Waals surface area (Å²) in [6, 6.07) is 0.132. The Balaban J connectivity index is 2.65. The van der Waals surface area contributed by atoms with Crippen LogP contribution < -0.4 is 11.3 Å². The lowest BCUT2D eigenvalue weighted by molar-refractivity contribution is 0.0400. The van der Waals surface area contributed by atoms with Crippen molar-refractivity contribution in [2.24, 2.45) is 5.84 Å². The van der Waals surface area contributed by atoms with E-state index in [0.29, 0.717) is 6.42 Å². The van der Waals surface area contributed by atoms with Crippen molar-refractivity contribution in [2.45, 2.75) is 70.9 Å². The summed E-state index contributed by atoms with van der Waals surface area (Å²) in [6.45, 7) is 8.41. The minimum absolute atomic E-state index is 0.00511. The Labute approximate surface area is 130 Å². The largest absolute Gasteiger partial charge is 0.296 e. The minimum Gasteiger partial charge on any atom is -0.296 e. The van der Waals surface area contributed by atoms with Crippen LogP contribution >= 0.6 is 0 Å². The summed E-state index contributed by atoms with van der Waals surface area (Å²) in [5.74, 6) is 6.29. The smallest absolute Gasteiger partial charge is 0.150 e. The fraction of sp³-hybridized carbons (Fsp3) is 1.00. The maximum absolute atomic E-state index is 11.6. The monoisotopic (exact) mass is 319 g/mol. The normalized spacial score (nSPS) is 21.9. The standard InChI is InChI=1S/C15H33N3O2S/c1-4-15(3,18-11-7-6-8-12-18)14(17-16)10-9-13-21(19,20)5-2/h14,17H,4-13,16H2,1-3H3. The number of sulfone groups is 1. The molecule has 1 aliphatic heterocycles. The number of likely N-dealkylation sites (tertiary alicyclic amines) is 1. The highest BCUT2D eigenvalue weighted by molar-refractivity contribution is 7.91. The Bertz CT molecular complexity index is 394. The van der Waals surface area contributed by atoms with Gasteiger partial charge in [0.2, 0.25) is 0 Å². The Morgan fingerprint density at radius 3 is 2.33 bits per heavy atom. The molecule has 3 N–H and O–H groups in total. The second-order valence-electron chi connectivity index (χ2n) is 6.36. The zero-order valence-corrected chi connectivity index (χ0v) is 14.7. The maximum atomic E-state index is 11.6. The van der Waals surface area contributed by atoms with E-state index in [4.69, 9.17) is 5.84 Å². The van der Waals surface area contributed by atoms with E-state index in [1.165, 1.54) is 19.3 Å². The van der Waals surface area contributed by atoms with Gasteiger partial charge in [-0.3, -0.25) is 16.2 Å². The third-order valence-corrected chi connectivity index (χ3v) is 6.92. The second kappa shape index (κ2) is 8.46. The van der Waals surface area contributed by atoms with Gasteiger partial charge in [0.1, 0.15) is 9.84 Å². The summed E-state index contributed by atoms with van der Waals surface area (Å²) in [6.07, 6.45) is 6.30. The first-order valence-electron chi connectivity index (χ1n) is 8.31. The van der Waals surface area contributed by atoms with Gasteiger partial charge in [0.25, 0.3) is 0 Å². The summed E-state index contributed by atoms with van der Waals surface area (Å²) < 4.78 is 23.3. The number of hydrogen-bond acceptors (Lipinski definition) is 5. The molecule has 1 rings (SSSR count). The lowest BCUT2D eigenvalue weighted by Crippen LogP contribution is -2.61. The van der Waals surface area contributed by atoms with Crippen LogP contribution in [0, 0.1) is 0 Å². The Morgan fingerprint density at radius 2 is 1.86 bits per heavy atom. The molecule has 2 atom stereocenters. The van der Waals surface area contributed by atoms with E-state index in [0.717, 1.165) is 25.9 Å². The molecule has 0 saturated carbocycles. The molecule has 1 saturated heterocycles. The SMILES string of the molecule is CCC(C)(C(CCCS(=O)(=O)CC)NN)N1CCCCC1. The van der Waals surface area contributed by atoms with Crippen LogP contribution in [0.3, 0.4) is 0 Å². The molecule has 0 aromatic rings. The molecule has 0 amide bonds. The number of piperidine rings is 1. The summed E-state index contributed by atoms with van der Waals surface area (Å²) in [7, 11) is -2.88. The minimum atomic E-state index is -2.88. The molecule has 1 fully saturated rings. The molecule has 2 unspecified atom stereocenters. The highest BCUT2D eigenvalue weighted by Crippen LogP contribution is 2.29. The average Bonchev–Trinajstić information content (AvgIpc) is 2.51. The molecule has 1 heterocycles. The molecule has 0 aromatic carbocycles. The van der Waals surface area contributed by atoms with Gasteiger partial charge in [-0.1, -0.05) is 20.3 Å². The molecule has 0 aromatic heterocycles. The third kappa shape index (κ3) is 5.20. The lowest BCUT2D eigenvalue weighted by Gasteiger charge is -2.48. The molecular weight excluding hydrogens is 286 g/mol. The molecule has 5 nitrogen and oxygen atoms in total. The molecular formula is C15H33N3O2S. The number of hydrogen-bond donors (Lipinski definition) is 2. The fourth-order valence-electron chi connectivity index (χ4n) is 3.32. The number of nitrogens with one attached hydrogen (secondary N) is 1. The number of nitrogens with two attached hydrogens (primary N) is 1. The highest BCUT2D eigenvalue weighted by atomic mass is 32.2. The molecule has 6 heteroatoms. The van der Waals surface area contributed by atoms with Crippen molar-refractivity contribution in [3.8, 4) is 0 Å². The van der Waals surface area contributed by atoms with Crippen molar-refractivity contribution in [3.63, 3.8) is 0 Å². The average molecular weight is 320 g/mol. The topological polar surface area (TPSA) is 75.4 Å². The highest BCUT2D eigenvalue weighted by Gasteiger charge is 2.37. The first-order valence-corrected chi connectivity index (χ1v) is 10.1. The van der Waals surface area contributed by atoms with Gasteiger partial charge >= 0.3 is 0 Å². The third-order valence-electron chi connectivity index (χ3n) is 5.13. The Hall–Kier alpha value is -0.170. The van der Waals surface area contributed by atoms with Crippen molar-refractivity contribution in [3.05, 3.63) is 0 Å². The molecule has 0 aliphatic carbocycles. The first kappa shape index (κ1) is 18.9. The van der Waals surface area contributed by atoms with E-state index >= 15 is 0 Å². The number of nitrogens with zero attached hydrogens (tertiary/aromatic N) is 1. The van der Waals surface area contributed by atoms with E-state index in [2.05, 4.69) is 24.2 Å². The van der Waals surface area contributed by atoms with Gasteiger partial charge in [-0.05, 0) is 52.1 Å². The predicted molar refractivity (Wildman–Crippen MR) is 88.8 cm³/mol. The van der Waals surface area contributed by atoms with Crippen LogP contribution in [0.5, 0.6) is 0 Å². The van der Waals surface area contributed by atoms with Crippen LogP contribution in [0.2, 0.25) is 0 Å². The molecule has 0 radical (unpaired) electrons. The van der Waals surface area contributed by atoms with Gasteiger partial charge in [-0.15, -0.1) is 0 Å². The van der Waals surface area contributed by atoms with E-state index in [-0.39, 0.29) is 23.1 Å². The zero-order chi connectivity index (χ0) is 15.9. The predicted octanol–water partition coefficient (Wildman–Crippen LogP) is 1.69. The van der Waals surface area contributed by atoms with Crippen molar-refractivity contribution >= 4 is 9.84 Å². The van der Waals surface area contributed by atoms with Gasteiger partial charge in [-0.25, -0.2) is 8.42 Å². The lowest BCUT2D eigenvalue weighted by atomic mass is 9.83. The molecule has 0 bridgehead atoms. The van der Waals surface area contributed by atoms with Crippen molar-refractivity contribution < 1.29 is 8.42 Å². The Kier molecular flexibility index (Phi) is 7.60. The summed E-state index contributed by atoms with van der Waals surface area (Å²) in [5, 5.41) is 0. The molecule has 21 heavy (non-hydrogen) atoms. The van der Waals surface area contributed by atoms with Gasteiger partial charge in [0.05, 0.1) is 5.75 Å². The molecule has 0 spiro atoms.